The largest absolute Gasteiger partial charge is 0.341 e. The quantitative estimate of drug-likeness (QED) is 0.855. The molecule has 2 saturated heterocycles. The zero-order valence-electron chi connectivity index (χ0n) is 13.4. The van der Waals surface area contributed by atoms with Crippen molar-refractivity contribution >= 4 is 11.8 Å². The first kappa shape index (κ1) is 14.7. The van der Waals surface area contributed by atoms with Gasteiger partial charge in [-0.2, -0.15) is 0 Å². The molecule has 5 heteroatoms. The molecule has 1 aromatic heterocycles. The van der Waals surface area contributed by atoms with Gasteiger partial charge in [0.05, 0.1) is 5.92 Å². The summed E-state index contributed by atoms with van der Waals surface area (Å²) >= 11 is 0. The van der Waals surface area contributed by atoms with Crippen molar-refractivity contribution in [1.29, 1.82) is 0 Å². The molecule has 0 radical (unpaired) electrons. The Hall–Kier alpha value is -1.91. The number of hydrogen-bond acceptors (Lipinski definition) is 3. The van der Waals surface area contributed by atoms with Gasteiger partial charge in [-0.3, -0.25) is 14.6 Å². The molecule has 0 spiro atoms. The summed E-state index contributed by atoms with van der Waals surface area (Å²) in [7, 11) is 0. The molecule has 1 unspecified atom stereocenters. The average Bonchev–Trinajstić information content (AvgIpc) is 3.16. The van der Waals surface area contributed by atoms with Crippen LogP contribution >= 0.6 is 0 Å². The first-order valence-corrected chi connectivity index (χ1v) is 8.70. The Labute approximate surface area is 136 Å². The SMILES string of the molecule is O=C(C1CC(=O)N(C2CCCC2)C1)N1CC(c2cccnc2)C1. The van der Waals surface area contributed by atoms with Crippen molar-refractivity contribution < 1.29 is 9.59 Å². The van der Waals surface area contributed by atoms with Gasteiger partial charge in [-0.15, -0.1) is 0 Å². The second-order valence-electron chi connectivity index (χ2n) is 7.11. The van der Waals surface area contributed by atoms with Crippen LogP contribution in [0.5, 0.6) is 0 Å². The minimum Gasteiger partial charge on any atom is -0.341 e. The van der Waals surface area contributed by atoms with Crippen LogP contribution in [0.2, 0.25) is 0 Å². The van der Waals surface area contributed by atoms with Gasteiger partial charge in [-0.1, -0.05) is 18.9 Å². The first-order valence-electron chi connectivity index (χ1n) is 8.70. The Balaban J connectivity index is 1.33. The maximum absolute atomic E-state index is 12.6. The van der Waals surface area contributed by atoms with E-state index in [1.165, 1.54) is 18.4 Å². The van der Waals surface area contributed by atoms with E-state index in [1.807, 2.05) is 22.1 Å². The maximum Gasteiger partial charge on any atom is 0.228 e. The summed E-state index contributed by atoms with van der Waals surface area (Å²) in [6, 6.07) is 4.40. The lowest BCUT2D eigenvalue weighted by molar-refractivity contribution is -0.140. The van der Waals surface area contributed by atoms with Crippen LogP contribution in [0.15, 0.2) is 24.5 Å². The Morgan fingerprint density at radius 1 is 1.17 bits per heavy atom. The number of aromatic nitrogens is 1. The molecule has 4 rings (SSSR count). The van der Waals surface area contributed by atoms with Crippen molar-refractivity contribution in [2.75, 3.05) is 19.6 Å². The molecular weight excluding hydrogens is 290 g/mol. The summed E-state index contributed by atoms with van der Waals surface area (Å²) in [5.74, 6) is 0.618. The number of nitrogens with zero attached hydrogens (tertiary/aromatic N) is 3. The second kappa shape index (κ2) is 5.95. The molecule has 23 heavy (non-hydrogen) atoms. The van der Waals surface area contributed by atoms with Crippen molar-refractivity contribution in [1.82, 2.24) is 14.8 Å². The molecular formula is C18H23N3O2. The summed E-state index contributed by atoms with van der Waals surface area (Å²) < 4.78 is 0. The summed E-state index contributed by atoms with van der Waals surface area (Å²) in [5.41, 5.74) is 1.20. The smallest absolute Gasteiger partial charge is 0.228 e. The Morgan fingerprint density at radius 3 is 2.65 bits per heavy atom. The van der Waals surface area contributed by atoms with E-state index in [1.54, 1.807) is 6.20 Å². The van der Waals surface area contributed by atoms with Crippen LogP contribution in [-0.4, -0.2) is 52.3 Å². The zero-order chi connectivity index (χ0) is 15.8. The molecule has 0 N–H and O–H groups in total. The van der Waals surface area contributed by atoms with Crippen LogP contribution in [0.3, 0.4) is 0 Å². The second-order valence-corrected chi connectivity index (χ2v) is 7.11. The molecule has 3 heterocycles. The van der Waals surface area contributed by atoms with Gasteiger partial charge in [0.2, 0.25) is 11.8 Å². The molecule has 3 aliphatic rings. The molecule has 1 aromatic rings. The standard InChI is InChI=1S/C18H23N3O2/c22-17-8-14(12-21(17)16-5-1-2-6-16)18(23)20-10-15(11-20)13-4-3-7-19-9-13/h3-4,7,9,14-16H,1-2,5-6,8,10-12H2. The van der Waals surface area contributed by atoms with Gasteiger partial charge >= 0.3 is 0 Å². The Morgan fingerprint density at radius 2 is 1.96 bits per heavy atom. The van der Waals surface area contributed by atoms with Crippen LogP contribution in [0.25, 0.3) is 0 Å². The fourth-order valence-electron chi connectivity index (χ4n) is 4.21. The predicted octanol–water partition coefficient (Wildman–Crippen LogP) is 1.80. The van der Waals surface area contributed by atoms with E-state index >= 15 is 0 Å². The lowest BCUT2D eigenvalue weighted by Gasteiger charge is -2.40. The molecule has 1 saturated carbocycles. The van der Waals surface area contributed by atoms with Gasteiger partial charge in [0.1, 0.15) is 0 Å². The van der Waals surface area contributed by atoms with E-state index in [4.69, 9.17) is 0 Å². The third-order valence-electron chi connectivity index (χ3n) is 5.62. The average molecular weight is 313 g/mol. The maximum atomic E-state index is 12.6. The fraction of sp³-hybridized carbons (Fsp3) is 0.611. The number of amides is 2. The van der Waals surface area contributed by atoms with Crippen molar-refractivity contribution in [3.63, 3.8) is 0 Å². The summed E-state index contributed by atoms with van der Waals surface area (Å²) in [4.78, 5) is 32.9. The van der Waals surface area contributed by atoms with Crippen LogP contribution < -0.4 is 0 Å². The van der Waals surface area contributed by atoms with Crippen LogP contribution in [0.1, 0.15) is 43.6 Å². The van der Waals surface area contributed by atoms with Crippen LogP contribution in [-0.2, 0) is 9.59 Å². The molecule has 5 nitrogen and oxygen atoms in total. The highest BCUT2D eigenvalue weighted by atomic mass is 16.2. The summed E-state index contributed by atoms with van der Waals surface area (Å²) in [6.45, 7) is 2.16. The van der Waals surface area contributed by atoms with E-state index in [-0.39, 0.29) is 17.7 Å². The molecule has 2 aliphatic heterocycles. The molecule has 0 bridgehead atoms. The topological polar surface area (TPSA) is 53.5 Å². The van der Waals surface area contributed by atoms with Gasteiger partial charge in [-0.05, 0) is 24.5 Å². The Bertz CT molecular complexity index is 592. The van der Waals surface area contributed by atoms with E-state index in [2.05, 4.69) is 11.1 Å². The molecule has 122 valence electrons. The van der Waals surface area contributed by atoms with Gasteiger partial charge in [0.25, 0.3) is 0 Å². The number of pyridine rings is 1. The minimum absolute atomic E-state index is 0.127. The highest BCUT2D eigenvalue weighted by Gasteiger charge is 2.42. The van der Waals surface area contributed by atoms with E-state index in [0.717, 1.165) is 25.9 Å². The third-order valence-corrected chi connectivity index (χ3v) is 5.62. The van der Waals surface area contributed by atoms with E-state index in [9.17, 15) is 9.59 Å². The summed E-state index contributed by atoms with van der Waals surface area (Å²) in [5, 5.41) is 0. The van der Waals surface area contributed by atoms with E-state index in [0.29, 0.717) is 24.9 Å². The monoisotopic (exact) mass is 313 g/mol. The van der Waals surface area contributed by atoms with Gasteiger partial charge in [0.15, 0.2) is 0 Å². The highest BCUT2D eigenvalue weighted by molar-refractivity contribution is 5.90. The van der Waals surface area contributed by atoms with Crippen molar-refractivity contribution in [2.24, 2.45) is 5.92 Å². The van der Waals surface area contributed by atoms with Crippen LogP contribution in [0.4, 0.5) is 0 Å². The summed E-state index contributed by atoms with van der Waals surface area (Å²) in [6.07, 6.45) is 8.71. The number of carbonyl (C=O) groups excluding carboxylic acids is 2. The minimum atomic E-state index is -0.127. The lowest BCUT2D eigenvalue weighted by Crippen LogP contribution is -2.51. The third kappa shape index (κ3) is 2.73. The van der Waals surface area contributed by atoms with Gasteiger partial charge in [-0.25, -0.2) is 0 Å². The predicted molar refractivity (Wildman–Crippen MR) is 85.6 cm³/mol. The highest BCUT2D eigenvalue weighted by Crippen LogP contribution is 2.33. The molecule has 1 aliphatic carbocycles. The fourth-order valence-corrected chi connectivity index (χ4v) is 4.21. The van der Waals surface area contributed by atoms with Gasteiger partial charge < -0.3 is 9.80 Å². The molecule has 3 fully saturated rings. The lowest BCUT2D eigenvalue weighted by atomic mass is 9.91. The normalized spacial score (nSPS) is 25.9. The number of carbonyl (C=O) groups is 2. The number of rotatable bonds is 3. The molecule has 2 amide bonds. The van der Waals surface area contributed by atoms with Crippen molar-refractivity contribution in [2.45, 2.75) is 44.1 Å². The van der Waals surface area contributed by atoms with E-state index < -0.39 is 0 Å². The number of likely N-dealkylation sites (tertiary alicyclic amines) is 2. The van der Waals surface area contributed by atoms with Crippen LogP contribution in [0, 0.1) is 5.92 Å². The Kier molecular flexibility index (Phi) is 3.79. The molecule has 1 atom stereocenters. The van der Waals surface area contributed by atoms with Crippen molar-refractivity contribution in [3.8, 4) is 0 Å². The first-order chi connectivity index (χ1) is 11.2. The molecule has 0 aromatic carbocycles. The van der Waals surface area contributed by atoms with Crippen molar-refractivity contribution in [3.05, 3.63) is 30.1 Å². The zero-order valence-corrected chi connectivity index (χ0v) is 13.4. The van der Waals surface area contributed by atoms with Gasteiger partial charge in [0, 0.05) is 50.4 Å². The number of hydrogen-bond donors (Lipinski definition) is 0.